The number of halogens is 3. The van der Waals surface area contributed by atoms with Crippen molar-refractivity contribution < 1.29 is 13.2 Å². The fourth-order valence-electron chi connectivity index (χ4n) is 1.73. The number of nitrogens with one attached hydrogen (secondary N) is 1. The van der Waals surface area contributed by atoms with Crippen molar-refractivity contribution in [3.63, 3.8) is 0 Å². The van der Waals surface area contributed by atoms with Crippen LogP contribution in [-0.2, 0) is 0 Å². The molecule has 19 heavy (non-hydrogen) atoms. The van der Waals surface area contributed by atoms with Crippen LogP contribution in [0.1, 0.15) is 18.2 Å². The zero-order valence-electron chi connectivity index (χ0n) is 9.80. The lowest BCUT2D eigenvalue weighted by Gasteiger charge is -2.18. The normalized spacial score (nSPS) is 13.5. The van der Waals surface area contributed by atoms with Crippen molar-refractivity contribution in [3.8, 4) is 5.69 Å². The van der Waals surface area contributed by atoms with Crippen LogP contribution in [0.25, 0.3) is 5.69 Å². The second-order valence-electron chi connectivity index (χ2n) is 3.94. The summed E-state index contributed by atoms with van der Waals surface area (Å²) in [5.41, 5.74) is 3.03. The number of nitrogens with zero attached hydrogens (tertiary/aromatic N) is 3. The second kappa shape index (κ2) is 5.37. The van der Waals surface area contributed by atoms with Gasteiger partial charge < -0.3 is 0 Å². The third-order valence-corrected chi connectivity index (χ3v) is 2.57. The van der Waals surface area contributed by atoms with E-state index >= 15 is 0 Å². The van der Waals surface area contributed by atoms with Crippen LogP contribution in [0.15, 0.2) is 36.5 Å². The topological polar surface area (TPSA) is 68.8 Å². The number of hydrogen-bond donors (Lipinski definition) is 2. The van der Waals surface area contributed by atoms with E-state index in [-0.39, 0.29) is 5.69 Å². The van der Waals surface area contributed by atoms with Crippen LogP contribution in [0.5, 0.6) is 0 Å². The van der Waals surface area contributed by atoms with Gasteiger partial charge in [0.1, 0.15) is 0 Å². The standard InChI is InChI=1S/C11H12F3N5/c12-11(13,14)6-9(17-15)10-7-16-18-19(10)8-4-2-1-3-5-8/h1-5,7,9,17H,6,15H2. The van der Waals surface area contributed by atoms with Gasteiger partial charge in [-0.25, -0.2) is 4.68 Å². The summed E-state index contributed by atoms with van der Waals surface area (Å²) < 4.78 is 38.7. The Morgan fingerprint density at radius 1 is 1.26 bits per heavy atom. The Balaban J connectivity index is 2.33. The van der Waals surface area contributed by atoms with Crippen molar-refractivity contribution >= 4 is 0 Å². The molecule has 5 nitrogen and oxygen atoms in total. The summed E-state index contributed by atoms with van der Waals surface area (Å²) in [4.78, 5) is 0. The van der Waals surface area contributed by atoms with Gasteiger partial charge in [-0.05, 0) is 12.1 Å². The van der Waals surface area contributed by atoms with Gasteiger partial charge in [0.2, 0.25) is 0 Å². The van der Waals surface area contributed by atoms with Gasteiger partial charge >= 0.3 is 6.18 Å². The predicted molar refractivity (Wildman–Crippen MR) is 62.1 cm³/mol. The largest absolute Gasteiger partial charge is 0.391 e. The molecule has 102 valence electrons. The first-order valence-corrected chi connectivity index (χ1v) is 5.50. The van der Waals surface area contributed by atoms with Crippen LogP contribution in [0.4, 0.5) is 13.2 Å². The molecule has 0 radical (unpaired) electrons. The lowest BCUT2D eigenvalue weighted by molar-refractivity contribution is -0.140. The summed E-state index contributed by atoms with van der Waals surface area (Å²) in [6, 6.07) is 7.66. The SMILES string of the molecule is NNC(CC(F)(F)F)c1cnnn1-c1ccccc1. The van der Waals surface area contributed by atoms with Gasteiger partial charge in [-0.3, -0.25) is 11.3 Å². The molecule has 1 aromatic heterocycles. The molecule has 0 aliphatic heterocycles. The number of hydrazine groups is 1. The number of para-hydroxylation sites is 1. The first kappa shape index (κ1) is 13.5. The van der Waals surface area contributed by atoms with Crippen molar-refractivity contribution in [2.45, 2.75) is 18.6 Å². The van der Waals surface area contributed by atoms with Crippen LogP contribution in [0, 0.1) is 0 Å². The van der Waals surface area contributed by atoms with Gasteiger partial charge in [0, 0.05) is 0 Å². The Morgan fingerprint density at radius 2 is 1.95 bits per heavy atom. The molecular formula is C11H12F3N5. The minimum atomic E-state index is -4.33. The third kappa shape index (κ3) is 3.30. The zero-order valence-corrected chi connectivity index (χ0v) is 9.80. The van der Waals surface area contributed by atoms with E-state index in [0.29, 0.717) is 5.69 Å². The van der Waals surface area contributed by atoms with E-state index in [1.165, 1.54) is 10.9 Å². The van der Waals surface area contributed by atoms with Crippen LogP contribution >= 0.6 is 0 Å². The average Bonchev–Trinajstić information content (AvgIpc) is 2.85. The number of aromatic nitrogens is 3. The molecule has 0 aliphatic carbocycles. The summed E-state index contributed by atoms with van der Waals surface area (Å²) in [5.74, 6) is 5.20. The predicted octanol–water partition coefficient (Wildman–Crippen LogP) is 1.72. The Bertz CT molecular complexity index is 523. The minimum absolute atomic E-state index is 0.256. The first-order chi connectivity index (χ1) is 9.01. The van der Waals surface area contributed by atoms with Crippen molar-refractivity contribution in [2.75, 3.05) is 0 Å². The lowest BCUT2D eigenvalue weighted by atomic mass is 10.1. The van der Waals surface area contributed by atoms with Gasteiger partial charge in [-0.15, -0.1) is 5.10 Å². The monoisotopic (exact) mass is 271 g/mol. The van der Waals surface area contributed by atoms with E-state index in [2.05, 4.69) is 15.7 Å². The van der Waals surface area contributed by atoms with Crippen LogP contribution in [0.2, 0.25) is 0 Å². The van der Waals surface area contributed by atoms with E-state index < -0.39 is 18.6 Å². The molecule has 1 atom stereocenters. The molecule has 3 N–H and O–H groups in total. The van der Waals surface area contributed by atoms with E-state index in [9.17, 15) is 13.2 Å². The van der Waals surface area contributed by atoms with E-state index in [4.69, 9.17) is 5.84 Å². The number of alkyl halides is 3. The highest BCUT2D eigenvalue weighted by Gasteiger charge is 2.34. The summed E-state index contributed by atoms with van der Waals surface area (Å²) >= 11 is 0. The van der Waals surface area contributed by atoms with Gasteiger partial charge in [-0.1, -0.05) is 23.4 Å². The molecule has 1 unspecified atom stereocenters. The average molecular weight is 271 g/mol. The maximum Gasteiger partial charge on any atom is 0.391 e. The number of benzene rings is 1. The summed E-state index contributed by atoms with van der Waals surface area (Å²) in [6.45, 7) is 0. The number of rotatable bonds is 4. The van der Waals surface area contributed by atoms with Crippen molar-refractivity contribution in [1.82, 2.24) is 20.4 Å². The highest BCUT2D eigenvalue weighted by atomic mass is 19.4. The van der Waals surface area contributed by atoms with E-state index in [0.717, 1.165) is 0 Å². The molecule has 0 saturated heterocycles. The molecule has 0 saturated carbocycles. The molecule has 2 rings (SSSR count). The summed E-state index contributed by atoms with van der Waals surface area (Å²) in [7, 11) is 0. The third-order valence-electron chi connectivity index (χ3n) is 2.57. The molecule has 0 spiro atoms. The molecule has 0 amide bonds. The van der Waals surface area contributed by atoms with Crippen molar-refractivity contribution in [2.24, 2.45) is 5.84 Å². The molecule has 1 aromatic carbocycles. The Morgan fingerprint density at radius 3 is 2.53 bits per heavy atom. The fraction of sp³-hybridized carbons (Fsp3) is 0.273. The molecular weight excluding hydrogens is 259 g/mol. The summed E-state index contributed by atoms with van der Waals surface area (Å²) in [6.07, 6.45) is -4.16. The molecule has 0 bridgehead atoms. The quantitative estimate of drug-likeness (QED) is 0.656. The van der Waals surface area contributed by atoms with E-state index in [1.807, 2.05) is 0 Å². The van der Waals surface area contributed by atoms with Crippen molar-refractivity contribution in [3.05, 3.63) is 42.2 Å². The van der Waals surface area contributed by atoms with Gasteiger partial charge in [-0.2, -0.15) is 13.2 Å². The van der Waals surface area contributed by atoms with Gasteiger partial charge in [0.05, 0.1) is 30.0 Å². The molecule has 0 aliphatic rings. The smallest absolute Gasteiger partial charge is 0.271 e. The van der Waals surface area contributed by atoms with E-state index in [1.54, 1.807) is 30.3 Å². The highest BCUT2D eigenvalue weighted by molar-refractivity contribution is 5.32. The molecule has 0 fully saturated rings. The second-order valence-corrected chi connectivity index (χ2v) is 3.94. The minimum Gasteiger partial charge on any atom is -0.271 e. The lowest BCUT2D eigenvalue weighted by Crippen LogP contribution is -2.33. The number of nitrogens with two attached hydrogens (primary N) is 1. The Kier molecular flexibility index (Phi) is 3.82. The molecule has 1 heterocycles. The molecule has 8 heteroatoms. The Hall–Kier alpha value is -1.93. The number of hydrogen-bond acceptors (Lipinski definition) is 4. The fourth-order valence-corrected chi connectivity index (χ4v) is 1.73. The van der Waals surface area contributed by atoms with Crippen LogP contribution < -0.4 is 11.3 Å². The van der Waals surface area contributed by atoms with Crippen LogP contribution in [0.3, 0.4) is 0 Å². The summed E-state index contributed by atoms with van der Waals surface area (Å²) in [5, 5.41) is 7.44. The zero-order chi connectivity index (χ0) is 13.9. The highest BCUT2D eigenvalue weighted by Crippen LogP contribution is 2.29. The Labute approximate surface area is 107 Å². The van der Waals surface area contributed by atoms with Gasteiger partial charge in [0.15, 0.2) is 0 Å². The van der Waals surface area contributed by atoms with Gasteiger partial charge in [0.25, 0.3) is 0 Å². The van der Waals surface area contributed by atoms with Crippen LogP contribution in [-0.4, -0.2) is 21.2 Å². The first-order valence-electron chi connectivity index (χ1n) is 5.50. The maximum absolute atomic E-state index is 12.5. The molecule has 2 aromatic rings. The maximum atomic E-state index is 12.5. The van der Waals surface area contributed by atoms with Crippen molar-refractivity contribution in [1.29, 1.82) is 0 Å².